The highest BCUT2D eigenvalue weighted by atomic mass is 19.1. The van der Waals surface area contributed by atoms with Gasteiger partial charge in [0.25, 0.3) is 5.56 Å². The molecule has 0 spiro atoms. The fourth-order valence-corrected chi connectivity index (χ4v) is 3.54. The first-order valence-corrected chi connectivity index (χ1v) is 8.80. The molecule has 0 radical (unpaired) electrons. The van der Waals surface area contributed by atoms with Gasteiger partial charge in [0, 0.05) is 35.3 Å². The van der Waals surface area contributed by atoms with Crippen molar-refractivity contribution in [1.29, 1.82) is 0 Å². The molecule has 144 valence electrons. The zero-order valence-corrected chi connectivity index (χ0v) is 15.3. The summed E-state index contributed by atoms with van der Waals surface area (Å²) in [4.78, 5) is 24.4. The number of piperidine rings is 1. The summed E-state index contributed by atoms with van der Waals surface area (Å²) in [6.45, 7) is 4.95. The molecular weight excluding hydrogens is 351 g/mol. The highest BCUT2D eigenvalue weighted by Crippen LogP contribution is 2.37. The summed E-state index contributed by atoms with van der Waals surface area (Å²) in [7, 11) is 0. The number of carboxylic acids is 1. The van der Waals surface area contributed by atoms with E-state index in [1.807, 2.05) is 13.8 Å². The van der Waals surface area contributed by atoms with Crippen molar-refractivity contribution < 1.29 is 19.4 Å². The number of hydrogen-bond acceptors (Lipinski definition) is 4. The highest BCUT2D eigenvalue weighted by molar-refractivity contribution is 5.95. The molecule has 0 aliphatic carbocycles. The maximum atomic E-state index is 14.1. The Labute approximate surface area is 156 Å². The van der Waals surface area contributed by atoms with Gasteiger partial charge in [-0.3, -0.25) is 4.79 Å². The van der Waals surface area contributed by atoms with Crippen molar-refractivity contribution in [2.75, 3.05) is 13.1 Å². The molecule has 3 rings (SSSR count). The first-order chi connectivity index (χ1) is 12.6. The number of benzene rings is 1. The molecule has 6 nitrogen and oxygen atoms in total. The third kappa shape index (κ3) is 3.52. The van der Waals surface area contributed by atoms with Crippen molar-refractivity contribution in [3.63, 3.8) is 0 Å². The minimum absolute atomic E-state index is 0.0263. The van der Waals surface area contributed by atoms with Gasteiger partial charge in [0.05, 0.1) is 17.7 Å². The lowest BCUT2D eigenvalue weighted by Crippen LogP contribution is -2.58. The van der Waals surface area contributed by atoms with Crippen molar-refractivity contribution in [3.8, 4) is 11.1 Å². The van der Waals surface area contributed by atoms with Crippen LogP contribution in [0.4, 0.5) is 4.39 Å². The molecule has 1 atom stereocenters. The lowest BCUT2D eigenvalue weighted by atomic mass is 9.70. The van der Waals surface area contributed by atoms with Gasteiger partial charge in [-0.1, -0.05) is 32.0 Å². The average Bonchev–Trinajstić information content (AvgIpc) is 2.59. The van der Waals surface area contributed by atoms with Crippen LogP contribution in [0.3, 0.4) is 0 Å². The number of aromatic carboxylic acids is 1. The standard InChI is InChI=1S/C20H23FN2O4/c1-19(2)11-22-8-7-20(19,27)12-23-10-15(18(25)26)14(9-17(23)24)13-5-3-4-6-16(13)21/h3-6,9-10,22,27H,7-8,11-12H2,1-2H3,(H,25,26)/t20-/m1/s1. The molecule has 2 heterocycles. The van der Waals surface area contributed by atoms with E-state index in [-0.39, 0.29) is 23.2 Å². The molecule has 1 aliphatic heterocycles. The molecule has 0 amide bonds. The SMILES string of the molecule is CC1(C)CNCC[C@@]1(O)Cn1cc(C(=O)O)c(-c2ccccc2F)cc1=O. The van der Waals surface area contributed by atoms with Crippen LogP contribution in [-0.2, 0) is 6.54 Å². The van der Waals surface area contributed by atoms with Crippen LogP contribution in [0.1, 0.15) is 30.6 Å². The number of aliphatic hydroxyl groups is 1. The molecule has 1 aromatic heterocycles. The van der Waals surface area contributed by atoms with E-state index in [4.69, 9.17) is 0 Å². The number of hydrogen-bond donors (Lipinski definition) is 3. The molecule has 2 aromatic rings. The van der Waals surface area contributed by atoms with Gasteiger partial charge in [0.2, 0.25) is 0 Å². The highest BCUT2D eigenvalue weighted by Gasteiger charge is 2.45. The second-order valence-electron chi connectivity index (χ2n) is 7.69. The minimum Gasteiger partial charge on any atom is -0.478 e. The smallest absolute Gasteiger partial charge is 0.337 e. The van der Waals surface area contributed by atoms with Crippen LogP contribution in [0.25, 0.3) is 11.1 Å². The predicted molar refractivity (Wildman–Crippen MR) is 99.3 cm³/mol. The maximum Gasteiger partial charge on any atom is 0.337 e. The number of aromatic nitrogens is 1. The lowest BCUT2D eigenvalue weighted by molar-refractivity contribution is -0.0998. The quantitative estimate of drug-likeness (QED) is 0.762. The summed E-state index contributed by atoms with van der Waals surface area (Å²) in [6, 6.07) is 6.85. The molecule has 1 fully saturated rings. The van der Waals surface area contributed by atoms with Crippen LogP contribution < -0.4 is 10.9 Å². The second-order valence-corrected chi connectivity index (χ2v) is 7.69. The van der Waals surface area contributed by atoms with Crippen LogP contribution in [-0.4, -0.2) is 39.4 Å². The number of nitrogens with zero attached hydrogens (tertiary/aromatic N) is 1. The Bertz CT molecular complexity index is 938. The van der Waals surface area contributed by atoms with E-state index in [0.29, 0.717) is 19.5 Å². The van der Waals surface area contributed by atoms with E-state index >= 15 is 0 Å². The normalized spacial score (nSPS) is 21.8. The van der Waals surface area contributed by atoms with Crippen molar-refractivity contribution in [1.82, 2.24) is 9.88 Å². The van der Waals surface area contributed by atoms with Gasteiger partial charge >= 0.3 is 5.97 Å². The van der Waals surface area contributed by atoms with Gasteiger partial charge in [-0.2, -0.15) is 0 Å². The summed E-state index contributed by atoms with van der Waals surface area (Å²) in [5.41, 5.74) is -2.26. The van der Waals surface area contributed by atoms with E-state index < -0.39 is 28.4 Å². The van der Waals surface area contributed by atoms with Crippen LogP contribution in [0.2, 0.25) is 0 Å². The Hall–Kier alpha value is -2.51. The fraction of sp³-hybridized carbons (Fsp3) is 0.400. The third-order valence-corrected chi connectivity index (χ3v) is 5.49. The van der Waals surface area contributed by atoms with Gasteiger partial charge in [-0.15, -0.1) is 0 Å². The third-order valence-electron chi connectivity index (χ3n) is 5.49. The minimum atomic E-state index is -1.27. The Kier molecular flexibility index (Phi) is 4.92. The fourth-order valence-electron chi connectivity index (χ4n) is 3.54. The van der Waals surface area contributed by atoms with E-state index in [1.54, 1.807) is 6.07 Å². The van der Waals surface area contributed by atoms with Gasteiger partial charge in [-0.25, -0.2) is 9.18 Å². The van der Waals surface area contributed by atoms with Crippen LogP contribution in [0.5, 0.6) is 0 Å². The van der Waals surface area contributed by atoms with E-state index in [1.165, 1.54) is 29.0 Å². The van der Waals surface area contributed by atoms with Crippen molar-refractivity contribution in [2.45, 2.75) is 32.4 Å². The average molecular weight is 374 g/mol. The molecule has 1 saturated heterocycles. The first-order valence-electron chi connectivity index (χ1n) is 8.80. The molecule has 7 heteroatoms. The molecule has 0 bridgehead atoms. The van der Waals surface area contributed by atoms with Gasteiger partial charge in [-0.05, 0) is 19.0 Å². The van der Waals surface area contributed by atoms with E-state index in [9.17, 15) is 24.2 Å². The van der Waals surface area contributed by atoms with Gasteiger partial charge < -0.3 is 20.1 Å². The van der Waals surface area contributed by atoms with E-state index in [0.717, 1.165) is 6.07 Å². The maximum absolute atomic E-state index is 14.1. The van der Waals surface area contributed by atoms with E-state index in [2.05, 4.69) is 5.32 Å². The molecule has 0 unspecified atom stereocenters. The number of carbonyl (C=O) groups is 1. The molecule has 27 heavy (non-hydrogen) atoms. The number of pyridine rings is 1. The largest absolute Gasteiger partial charge is 0.478 e. The summed E-state index contributed by atoms with van der Waals surface area (Å²) < 4.78 is 15.3. The Morgan fingerprint density at radius 2 is 2.00 bits per heavy atom. The summed E-state index contributed by atoms with van der Waals surface area (Å²) in [5, 5.41) is 23.9. The predicted octanol–water partition coefficient (Wildman–Crippen LogP) is 2.10. The molecule has 1 aromatic carbocycles. The topological polar surface area (TPSA) is 91.6 Å². The van der Waals surface area contributed by atoms with Crippen LogP contribution in [0.15, 0.2) is 41.3 Å². The van der Waals surface area contributed by atoms with Gasteiger partial charge in [0.1, 0.15) is 5.82 Å². The zero-order valence-electron chi connectivity index (χ0n) is 15.3. The number of halogens is 1. The molecule has 3 N–H and O–H groups in total. The Morgan fingerprint density at radius 1 is 1.30 bits per heavy atom. The van der Waals surface area contributed by atoms with Crippen LogP contribution >= 0.6 is 0 Å². The van der Waals surface area contributed by atoms with Crippen molar-refractivity contribution in [2.24, 2.45) is 5.41 Å². The molecular formula is C20H23FN2O4. The summed E-state index contributed by atoms with van der Waals surface area (Å²) in [6.07, 6.45) is 1.63. The summed E-state index contributed by atoms with van der Waals surface area (Å²) >= 11 is 0. The Morgan fingerprint density at radius 3 is 2.63 bits per heavy atom. The Balaban J connectivity index is 2.09. The number of nitrogens with one attached hydrogen (secondary N) is 1. The summed E-state index contributed by atoms with van der Waals surface area (Å²) in [5.74, 6) is -1.87. The van der Waals surface area contributed by atoms with Gasteiger partial charge in [0.15, 0.2) is 0 Å². The zero-order chi connectivity index (χ0) is 19.8. The number of rotatable bonds is 4. The first kappa shape index (κ1) is 19.3. The number of carboxylic acid groups (broad SMARTS) is 1. The molecule has 0 saturated carbocycles. The monoisotopic (exact) mass is 374 g/mol. The van der Waals surface area contributed by atoms with Crippen molar-refractivity contribution in [3.05, 3.63) is 58.3 Å². The van der Waals surface area contributed by atoms with Crippen molar-refractivity contribution >= 4 is 5.97 Å². The second kappa shape index (κ2) is 6.90. The van der Waals surface area contributed by atoms with Crippen LogP contribution in [0, 0.1) is 11.2 Å². The molecule has 1 aliphatic rings. The lowest BCUT2D eigenvalue weighted by Gasteiger charge is -2.47.